The van der Waals surface area contributed by atoms with Crippen LogP contribution in [0.15, 0.2) is 91.3 Å². The second kappa shape index (κ2) is 8.55. The van der Waals surface area contributed by atoms with Gasteiger partial charge >= 0.3 is 0 Å². The number of anilines is 1. The molecule has 5 rings (SSSR count). The summed E-state index contributed by atoms with van der Waals surface area (Å²) >= 11 is 5.80. The van der Waals surface area contributed by atoms with Crippen LogP contribution in [0, 0.1) is 5.82 Å². The van der Waals surface area contributed by atoms with E-state index in [-0.39, 0.29) is 17.9 Å². The highest BCUT2D eigenvalue weighted by atomic mass is 32.1. The number of benzene rings is 2. The summed E-state index contributed by atoms with van der Waals surface area (Å²) in [5.74, 6) is -0.272. The third kappa shape index (κ3) is 3.56. The number of nitrogens with zero attached hydrogens (tertiary/aromatic N) is 3. The van der Waals surface area contributed by atoms with E-state index < -0.39 is 0 Å². The summed E-state index contributed by atoms with van der Waals surface area (Å²) in [6, 6.07) is 24.7. The molecule has 32 heavy (non-hydrogen) atoms. The molecule has 6 heteroatoms. The van der Waals surface area contributed by atoms with E-state index in [9.17, 15) is 4.39 Å². The molecule has 0 aliphatic carbocycles. The molecule has 0 saturated carbocycles. The van der Waals surface area contributed by atoms with Gasteiger partial charge in [0.25, 0.3) is 0 Å². The zero-order chi connectivity index (χ0) is 22.1. The van der Waals surface area contributed by atoms with Crippen molar-refractivity contribution in [2.75, 3.05) is 4.90 Å². The minimum atomic E-state index is -0.272. The Labute approximate surface area is 192 Å². The van der Waals surface area contributed by atoms with Crippen LogP contribution in [0.1, 0.15) is 36.0 Å². The third-order valence-electron chi connectivity index (χ3n) is 5.92. The number of hydrogen-bond acceptors (Lipinski definition) is 2. The maximum atomic E-state index is 14.7. The maximum absolute atomic E-state index is 14.7. The molecule has 160 valence electrons. The lowest BCUT2D eigenvalue weighted by molar-refractivity contribution is 0.544. The molecular weight excluding hydrogens is 419 g/mol. The predicted octanol–water partition coefficient (Wildman–Crippen LogP) is 5.75. The van der Waals surface area contributed by atoms with Crippen molar-refractivity contribution < 1.29 is 4.39 Å². The molecule has 2 aromatic heterocycles. The van der Waals surface area contributed by atoms with E-state index in [1.807, 2.05) is 47.2 Å². The molecule has 1 N–H and O–H groups in total. The first-order chi connectivity index (χ1) is 15.7. The Morgan fingerprint density at radius 3 is 2.47 bits per heavy atom. The lowest BCUT2D eigenvalue weighted by Gasteiger charge is -2.29. The molecule has 2 atom stereocenters. The van der Waals surface area contributed by atoms with Gasteiger partial charge in [-0.05, 0) is 72.7 Å². The Hall–Kier alpha value is -3.51. The van der Waals surface area contributed by atoms with Gasteiger partial charge in [0.1, 0.15) is 11.9 Å². The van der Waals surface area contributed by atoms with Crippen LogP contribution >= 0.6 is 12.2 Å². The molecule has 0 radical (unpaired) electrons. The fourth-order valence-corrected chi connectivity index (χ4v) is 4.67. The molecule has 0 spiro atoms. The van der Waals surface area contributed by atoms with Crippen molar-refractivity contribution in [1.82, 2.24) is 14.9 Å². The van der Waals surface area contributed by atoms with E-state index in [1.165, 1.54) is 11.6 Å². The minimum absolute atomic E-state index is 0.185. The zero-order valence-corrected chi connectivity index (χ0v) is 18.5. The number of aryl methyl sites for hydroxylation is 1. The number of pyridine rings is 1. The van der Waals surface area contributed by atoms with Crippen LogP contribution < -0.4 is 10.2 Å². The van der Waals surface area contributed by atoms with E-state index in [0.29, 0.717) is 10.8 Å². The van der Waals surface area contributed by atoms with Crippen molar-refractivity contribution in [3.63, 3.8) is 0 Å². The molecule has 4 aromatic rings. The average molecular weight is 443 g/mol. The zero-order valence-electron chi connectivity index (χ0n) is 17.6. The Kier molecular flexibility index (Phi) is 5.45. The van der Waals surface area contributed by atoms with Gasteiger partial charge in [0, 0.05) is 23.8 Å². The van der Waals surface area contributed by atoms with E-state index in [1.54, 1.807) is 18.3 Å². The SMILES string of the molecule is CCc1ccc(N2C(=S)NC(c3ccccn3)C2c2cccn2-c2ccccc2F)cc1. The van der Waals surface area contributed by atoms with Gasteiger partial charge in [-0.2, -0.15) is 0 Å². The lowest BCUT2D eigenvalue weighted by Crippen LogP contribution is -2.30. The Morgan fingerprint density at radius 1 is 0.969 bits per heavy atom. The van der Waals surface area contributed by atoms with E-state index in [0.717, 1.165) is 23.5 Å². The van der Waals surface area contributed by atoms with Crippen molar-refractivity contribution in [1.29, 1.82) is 0 Å². The summed E-state index contributed by atoms with van der Waals surface area (Å²) < 4.78 is 16.6. The maximum Gasteiger partial charge on any atom is 0.174 e. The van der Waals surface area contributed by atoms with Crippen molar-refractivity contribution >= 4 is 23.0 Å². The van der Waals surface area contributed by atoms with E-state index >= 15 is 0 Å². The fourth-order valence-electron chi connectivity index (χ4n) is 4.33. The number of aromatic nitrogens is 2. The van der Waals surface area contributed by atoms with Crippen molar-refractivity contribution in [2.45, 2.75) is 25.4 Å². The van der Waals surface area contributed by atoms with Gasteiger partial charge in [-0.15, -0.1) is 0 Å². The Balaban J connectivity index is 1.66. The van der Waals surface area contributed by atoms with Crippen LogP contribution in [0.2, 0.25) is 0 Å². The van der Waals surface area contributed by atoms with Crippen molar-refractivity contribution in [3.05, 3.63) is 114 Å². The van der Waals surface area contributed by atoms with Crippen molar-refractivity contribution in [3.8, 4) is 5.69 Å². The molecule has 0 amide bonds. The number of halogens is 1. The second-order valence-electron chi connectivity index (χ2n) is 7.77. The molecule has 3 heterocycles. The molecular formula is C26H23FN4S. The number of para-hydroxylation sites is 1. The summed E-state index contributed by atoms with van der Waals surface area (Å²) in [7, 11) is 0. The molecule has 0 bridgehead atoms. The van der Waals surface area contributed by atoms with Crippen LogP contribution in [0.5, 0.6) is 0 Å². The average Bonchev–Trinajstić information content (AvgIpc) is 3.44. The highest BCUT2D eigenvalue weighted by molar-refractivity contribution is 7.80. The van der Waals surface area contributed by atoms with Crippen LogP contribution in [0.3, 0.4) is 0 Å². The molecule has 4 nitrogen and oxygen atoms in total. The molecule has 1 aliphatic rings. The summed E-state index contributed by atoms with van der Waals surface area (Å²) in [5.41, 5.74) is 4.57. The Bertz CT molecular complexity index is 1240. The van der Waals surface area contributed by atoms with E-state index in [2.05, 4.69) is 46.4 Å². The quantitative estimate of drug-likeness (QED) is 0.399. The first-order valence-corrected chi connectivity index (χ1v) is 11.1. The van der Waals surface area contributed by atoms with Gasteiger partial charge in [-0.25, -0.2) is 4.39 Å². The highest BCUT2D eigenvalue weighted by Gasteiger charge is 2.42. The fraction of sp³-hybridized carbons (Fsp3) is 0.154. The summed E-state index contributed by atoms with van der Waals surface area (Å²) in [5, 5.41) is 4.09. The number of thiocarbonyl (C=S) groups is 1. The number of rotatable bonds is 5. The summed E-state index contributed by atoms with van der Waals surface area (Å²) in [6.45, 7) is 2.14. The van der Waals surface area contributed by atoms with E-state index in [4.69, 9.17) is 12.2 Å². The van der Waals surface area contributed by atoms with Crippen LogP contribution in [0.25, 0.3) is 5.69 Å². The topological polar surface area (TPSA) is 33.1 Å². The summed E-state index contributed by atoms with van der Waals surface area (Å²) in [6.07, 6.45) is 4.65. The van der Waals surface area contributed by atoms with Crippen LogP contribution in [0.4, 0.5) is 10.1 Å². The molecule has 2 aromatic carbocycles. The van der Waals surface area contributed by atoms with Gasteiger partial charge in [-0.1, -0.05) is 37.3 Å². The standard InChI is InChI=1S/C26H23FN4S/c1-2-18-12-14-19(15-13-18)31-25(24(29-26(31)32)21-9-5-6-16-28-21)23-11-7-17-30(23)22-10-4-3-8-20(22)27/h3-17,24-25H,2H2,1H3,(H,29,32). The smallest absolute Gasteiger partial charge is 0.174 e. The lowest BCUT2D eigenvalue weighted by atomic mass is 10.0. The number of hydrogen-bond donors (Lipinski definition) is 1. The van der Waals surface area contributed by atoms with Crippen molar-refractivity contribution in [2.24, 2.45) is 0 Å². The first kappa shape index (κ1) is 20.4. The molecule has 1 fully saturated rings. The van der Waals surface area contributed by atoms with Gasteiger partial charge in [0.15, 0.2) is 5.11 Å². The largest absolute Gasteiger partial charge is 0.351 e. The first-order valence-electron chi connectivity index (χ1n) is 10.7. The van der Waals surface area contributed by atoms with Crippen LogP contribution in [-0.2, 0) is 6.42 Å². The van der Waals surface area contributed by atoms with Gasteiger partial charge in [0.2, 0.25) is 0 Å². The van der Waals surface area contributed by atoms with Gasteiger partial charge in [0.05, 0.1) is 17.4 Å². The monoisotopic (exact) mass is 442 g/mol. The van der Waals surface area contributed by atoms with Crippen LogP contribution in [-0.4, -0.2) is 14.7 Å². The second-order valence-corrected chi connectivity index (χ2v) is 8.16. The highest BCUT2D eigenvalue weighted by Crippen LogP contribution is 2.42. The third-order valence-corrected chi connectivity index (χ3v) is 6.23. The molecule has 1 saturated heterocycles. The molecule has 2 unspecified atom stereocenters. The predicted molar refractivity (Wildman–Crippen MR) is 129 cm³/mol. The van der Waals surface area contributed by atoms with Gasteiger partial charge in [-0.3, -0.25) is 4.98 Å². The normalized spacial score (nSPS) is 18.1. The number of nitrogens with one attached hydrogen (secondary N) is 1. The van der Waals surface area contributed by atoms with Gasteiger partial charge < -0.3 is 14.8 Å². The minimum Gasteiger partial charge on any atom is -0.351 e. The summed E-state index contributed by atoms with van der Waals surface area (Å²) in [4.78, 5) is 6.71. The molecule has 1 aliphatic heterocycles. The Morgan fingerprint density at radius 2 is 1.75 bits per heavy atom.